The normalized spacial score (nSPS) is 18.3. The molecule has 1 aliphatic heterocycles. The number of benzene rings is 1. The summed E-state index contributed by atoms with van der Waals surface area (Å²) in [6.07, 6.45) is 3.76. The molecule has 1 fully saturated rings. The van der Waals surface area contributed by atoms with Gasteiger partial charge < -0.3 is 4.90 Å². The highest BCUT2D eigenvalue weighted by Gasteiger charge is 2.23. The van der Waals surface area contributed by atoms with E-state index >= 15 is 0 Å². The van der Waals surface area contributed by atoms with Gasteiger partial charge in [-0.25, -0.2) is 4.98 Å². The third kappa shape index (κ3) is 2.54. The molecule has 3 heterocycles. The second kappa shape index (κ2) is 5.89. The first-order valence-corrected chi connectivity index (χ1v) is 8.70. The molecule has 1 aromatic carbocycles. The summed E-state index contributed by atoms with van der Waals surface area (Å²) in [5.74, 6) is 2.54. The van der Waals surface area contributed by atoms with Gasteiger partial charge in [-0.1, -0.05) is 24.3 Å². The van der Waals surface area contributed by atoms with E-state index in [1.807, 2.05) is 23.6 Å². The molecule has 0 unspecified atom stereocenters. The molecule has 0 spiro atoms. The molecule has 24 heavy (non-hydrogen) atoms. The third-order valence-electron chi connectivity index (χ3n) is 4.90. The molecule has 1 saturated heterocycles. The van der Waals surface area contributed by atoms with Gasteiger partial charge in [-0.05, 0) is 45.6 Å². The highest BCUT2D eigenvalue weighted by atomic mass is 15.4. The molecule has 124 valence electrons. The van der Waals surface area contributed by atoms with Crippen LogP contribution >= 0.6 is 0 Å². The molecule has 1 atom stereocenters. The van der Waals surface area contributed by atoms with Crippen molar-refractivity contribution in [3.63, 3.8) is 0 Å². The van der Waals surface area contributed by atoms with Crippen LogP contribution < -0.4 is 4.90 Å². The number of rotatable bonds is 2. The van der Waals surface area contributed by atoms with Gasteiger partial charge in [0.1, 0.15) is 5.82 Å². The van der Waals surface area contributed by atoms with Crippen LogP contribution in [0.4, 0.5) is 5.82 Å². The van der Waals surface area contributed by atoms with Crippen molar-refractivity contribution in [2.75, 3.05) is 11.4 Å². The third-order valence-corrected chi connectivity index (χ3v) is 4.90. The molecule has 0 saturated carbocycles. The van der Waals surface area contributed by atoms with E-state index < -0.39 is 0 Å². The number of fused-ring (bicyclic) bond motifs is 1. The lowest BCUT2D eigenvalue weighted by Crippen LogP contribution is -2.38. The monoisotopic (exact) mass is 321 g/mol. The van der Waals surface area contributed by atoms with Crippen molar-refractivity contribution in [1.82, 2.24) is 19.6 Å². The zero-order chi connectivity index (χ0) is 16.7. The zero-order valence-corrected chi connectivity index (χ0v) is 14.5. The number of hydrogen-bond donors (Lipinski definition) is 0. The Morgan fingerprint density at radius 2 is 1.92 bits per heavy atom. The number of piperidine rings is 1. The number of anilines is 1. The van der Waals surface area contributed by atoms with Crippen LogP contribution in [-0.4, -0.2) is 32.2 Å². The molecule has 0 N–H and O–H groups in total. The van der Waals surface area contributed by atoms with Crippen LogP contribution in [0, 0.1) is 13.8 Å². The van der Waals surface area contributed by atoms with E-state index in [0.29, 0.717) is 11.8 Å². The molecule has 0 aliphatic carbocycles. The minimum Gasteiger partial charge on any atom is -0.354 e. The minimum absolute atomic E-state index is 0.523. The quantitative estimate of drug-likeness (QED) is 0.720. The first-order chi connectivity index (χ1) is 11.6. The molecular formula is C19H23N5. The van der Waals surface area contributed by atoms with Crippen molar-refractivity contribution >= 4 is 11.6 Å². The number of hydrogen-bond acceptors (Lipinski definition) is 4. The van der Waals surface area contributed by atoms with Crippen molar-refractivity contribution in [2.45, 2.75) is 46.1 Å². The maximum absolute atomic E-state index is 4.80. The van der Waals surface area contributed by atoms with E-state index in [2.05, 4.69) is 41.9 Å². The average molecular weight is 321 g/mol. The Kier molecular flexibility index (Phi) is 3.71. The van der Waals surface area contributed by atoms with Gasteiger partial charge in [0.2, 0.25) is 0 Å². The lowest BCUT2D eigenvalue weighted by Gasteiger charge is -2.35. The van der Waals surface area contributed by atoms with Crippen LogP contribution in [0.25, 0.3) is 17.2 Å². The maximum Gasteiger partial charge on any atom is 0.254 e. The van der Waals surface area contributed by atoms with Gasteiger partial charge in [-0.15, -0.1) is 5.10 Å². The van der Waals surface area contributed by atoms with Crippen molar-refractivity contribution in [3.8, 4) is 11.4 Å². The fraction of sp³-hybridized carbons (Fsp3) is 0.421. The van der Waals surface area contributed by atoms with Gasteiger partial charge in [-0.2, -0.15) is 9.50 Å². The molecule has 1 aliphatic rings. The summed E-state index contributed by atoms with van der Waals surface area (Å²) in [6, 6.07) is 10.9. The molecule has 0 amide bonds. The Morgan fingerprint density at radius 3 is 2.71 bits per heavy atom. The number of nitrogens with zero attached hydrogens (tertiary/aromatic N) is 5. The average Bonchev–Trinajstić information content (AvgIpc) is 2.98. The Morgan fingerprint density at radius 1 is 1.08 bits per heavy atom. The molecule has 4 rings (SSSR count). The van der Waals surface area contributed by atoms with Crippen molar-refractivity contribution in [1.29, 1.82) is 0 Å². The summed E-state index contributed by atoms with van der Waals surface area (Å²) in [5, 5.41) is 4.80. The summed E-state index contributed by atoms with van der Waals surface area (Å²) in [7, 11) is 0. The van der Waals surface area contributed by atoms with Crippen LogP contribution in [0.3, 0.4) is 0 Å². The van der Waals surface area contributed by atoms with Gasteiger partial charge in [0.05, 0.1) is 0 Å². The molecule has 5 nitrogen and oxygen atoms in total. The number of aromatic nitrogens is 4. The van der Waals surface area contributed by atoms with Gasteiger partial charge in [-0.3, -0.25) is 0 Å². The standard InChI is InChI=1S/C19H23N5/c1-13-8-4-5-10-16(13)18-21-19-20-14(2)12-17(24(19)22-18)23-11-7-6-9-15(23)3/h4-5,8,10,12,15H,6-7,9,11H2,1-3H3/t15-/m1/s1. The molecule has 0 radical (unpaired) electrons. The SMILES string of the molecule is Cc1cc(N2CCCC[C@H]2C)n2nc(-c3ccccc3C)nc2n1. The van der Waals surface area contributed by atoms with Gasteiger partial charge in [0.25, 0.3) is 5.78 Å². The van der Waals surface area contributed by atoms with E-state index in [-0.39, 0.29) is 0 Å². The predicted octanol–water partition coefficient (Wildman–Crippen LogP) is 3.79. The van der Waals surface area contributed by atoms with Crippen LogP contribution in [-0.2, 0) is 0 Å². The van der Waals surface area contributed by atoms with E-state index in [1.54, 1.807) is 0 Å². The van der Waals surface area contributed by atoms with Gasteiger partial charge >= 0.3 is 0 Å². The second-order valence-corrected chi connectivity index (χ2v) is 6.76. The van der Waals surface area contributed by atoms with Crippen LogP contribution in [0.15, 0.2) is 30.3 Å². The lowest BCUT2D eigenvalue weighted by atomic mass is 10.0. The fourth-order valence-corrected chi connectivity index (χ4v) is 3.55. The molecule has 2 aromatic heterocycles. The highest BCUT2D eigenvalue weighted by molar-refractivity contribution is 5.62. The maximum atomic E-state index is 4.80. The first kappa shape index (κ1) is 15.1. The lowest BCUT2D eigenvalue weighted by molar-refractivity contribution is 0.477. The smallest absolute Gasteiger partial charge is 0.254 e. The van der Waals surface area contributed by atoms with Gasteiger partial charge in [0, 0.05) is 29.9 Å². The first-order valence-electron chi connectivity index (χ1n) is 8.70. The summed E-state index contributed by atoms with van der Waals surface area (Å²) in [6.45, 7) is 7.48. The van der Waals surface area contributed by atoms with Crippen molar-refractivity contribution in [2.24, 2.45) is 0 Å². The van der Waals surface area contributed by atoms with Crippen LogP contribution in [0.5, 0.6) is 0 Å². The fourth-order valence-electron chi connectivity index (χ4n) is 3.55. The topological polar surface area (TPSA) is 46.3 Å². The molecule has 5 heteroatoms. The number of aryl methyl sites for hydroxylation is 2. The highest BCUT2D eigenvalue weighted by Crippen LogP contribution is 2.27. The van der Waals surface area contributed by atoms with E-state index in [1.165, 1.54) is 24.8 Å². The van der Waals surface area contributed by atoms with E-state index in [0.717, 1.165) is 29.4 Å². The molecule has 0 bridgehead atoms. The largest absolute Gasteiger partial charge is 0.354 e. The zero-order valence-electron chi connectivity index (χ0n) is 14.5. The van der Waals surface area contributed by atoms with Crippen LogP contribution in [0.1, 0.15) is 37.4 Å². The summed E-state index contributed by atoms with van der Waals surface area (Å²) >= 11 is 0. The Bertz CT molecular complexity index is 883. The molecular weight excluding hydrogens is 298 g/mol. The van der Waals surface area contributed by atoms with Crippen molar-refractivity contribution in [3.05, 3.63) is 41.6 Å². The summed E-state index contributed by atoms with van der Waals surface area (Å²) in [5.41, 5.74) is 3.23. The van der Waals surface area contributed by atoms with Crippen molar-refractivity contribution < 1.29 is 0 Å². The Balaban J connectivity index is 1.87. The predicted molar refractivity (Wildman–Crippen MR) is 96.4 cm³/mol. The van der Waals surface area contributed by atoms with Gasteiger partial charge in [0.15, 0.2) is 5.82 Å². The summed E-state index contributed by atoms with van der Waals surface area (Å²) < 4.78 is 1.91. The Hall–Kier alpha value is -2.43. The molecule has 3 aromatic rings. The van der Waals surface area contributed by atoms with E-state index in [4.69, 9.17) is 10.1 Å². The van der Waals surface area contributed by atoms with Crippen LogP contribution in [0.2, 0.25) is 0 Å². The second-order valence-electron chi connectivity index (χ2n) is 6.76. The van der Waals surface area contributed by atoms with E-state index in [9.17, 15) is 0 Å². The minimum atomic E-state index is 0.523. The Labute approximate surface area is 142 Å². The summed E-state index contributed by atoms with van der Waals surface area (Å²) in [4.78, 5) is 11.7.